The molecule has 0 aliphatic heterocycles. The van der Waals surface area contributed by atoms with Gasteiger partial charge in [0, 0.05) is 20.2 Å². The van der Waals surface area contributed by atoms with Crippen molar-refractivity contribution < 1.29 is 13.2 Å². The number of nitrogens with zero attached hydrogens (tertiary/aromatic N) is 3. The van der Waals surface area contributed by atoms with Gasteiger partial charge in [-0.15, -0.1) is 0 Å². The second-order valence-electron chi connectivity index (χ2n) is 4.44. The number of halogens is 1. The van der Waals surface area contributed by atoms with Crippen molar-refractivity contribution >= 4 is 21.6 Å². The lowest BCUT2D eigenvalue weighted by Crippen LogP contribution is -2.36. The lowest BCUT2D eigenvalue weighted by Gasteiger charge is -2.23. The predicted molar refractivity (Wildman–Crippen MR) is 72.5 cm³/mol. The summed E-state index contributed by atoms with van der Waals surface area (Å²) in [5, 5.41) is 0.0197. The third-order valence-electron chi connectivity index (χ3n) is 2.35. The van der Waals surface area contributed by atoms with Gasteiger partial charge in [0.05, 0.1) is 19.0 Å². The molecule has 0 amide bonds. The average molecular weight is 308 g/mol. The molecule has 0 aliphatic rings. The van der Waals surface area contributed by atoms with Crippen molar-refractivity contribution in [2.75, 3.05) is 26.8 Å². The van der Waals surface area contributed by atoms with Gasteiger partial charge in [-0.25, -0.2) is 18.4 Å². The van der Waals surface area contributed by atoms with Crippen LogP contribution >= 0.6 is 11.6 Å². The molecule has 0 unspecified atom stereocenters. The van der Waals surface area contributed by atoms with E-state index in [9.17, 15) is 8.42 Å². The van der Waals surface area contributed by atoms with E-state index in [-0.39, 0.29) is 16.1 Å². The van der Waals surface area contributed by atoms with E-state index in [2.05, 4.69) is 9.97 Å². The van der Waals surface area contributed by atoms with E-state index in [1.807, 2.05) is 13.8 Å². The standard InChI is InChI=1S/C11H18ClN3O3S/c1-9(2)8-15(4-5-18-3)19(16,17)10-6-13-11(12)14-7-10/h6-7,9H,4-5,8H2,1-3H3. The van der Waals surface area contributed by atoms with E-state index in [1.165, 1.54) is 23.8 Å². The summed E-state index contributed by atoms with van der Waals surface area (Å²) in [4.78, 5) is 7.44. The molecule has 0 bridgehead atoms. The molecule has 0 atom stereocenters. The van der Waals surface area contributed by atoms with Gasteiger partial charge in [0.1, 0.15) is 4.90 Å². The van der Waals surface area contributed by atoms with Crippen LogP contribution in [-0.4, -0.2) is 49.5 Å². The van der Waals surface area contributed by atoms with Gasteiger partial charge in [0.15, 0.2) is 0 Å². The second kappa shape index (κ2) is 7.14. The van der Waals surface area contributed by atoms with Crippen molar-refractivity contribution in [1.29, 1.82) is 0 Å². The molecule has 0 saturated carbocycles. The summed E-state index contributed by atoms with van der Waals surface area (Å²) in [6.45, 7) is 4.94. The van der Waals surface area contributed by atoms with Gasteiger partial charge >= 0.3 is 0 Å². The molecule has 0 N–H and O–H groups in total. The number of rotatable bonds is 7. The van der Waals surface area contributed by atoms with E-state index < -0.39 is 10.0 Å². The Kier molecular flexibility index (Phi) is 6.12. The third kappa shape index (κ3) is 4.68. The monoisotopic (exact) mass is 307 g/mol. The van der Waals surface area contributed by atoms with E-state index in [0.717, 1.165) is 0 Å². The van der Waals surface area contributed by atoms with Gasteiger partial charge < -0.3 is 4.74 Å². The molecule has 0 fully saturated rings. The highest BCUT2D eigenvalue weighted by Crippen LogP contribution is 2.16. The number of hydrogen-bond acceptors (Lipinski definition) is 5. The smallest absolute Gasteiger partial charge is 0.246 e. The molecule has 0 saturated heterocycles. The fourth-order valence-corrected chi connectivity index (χ4v) is 3.07. The molecule has 19 heavy (non-hydrogen) atoms. The van der Waals surface area contributed by atoms with Crippen molar-refractivity contribution in [3.63, 3.8) is 0 Å². The van der Waals surface area contributed by atoms with Crippen LogP contribution in [-0.2, 0) is 14.8 Å². The second-order valence-corrected chi connectivity index (χ2v) is 6.71. The Morgan fingerprint density at radius 1 is 1.37 bits per heavy atom. The zero-order valence-corrected chi connectivity index (χ0v) is 12.8. The highest BCUT2D eigenvalue weighted by Gasteiger charge is 2.25. The van der Waals surface area contributed by atoms with E-state index in [0.29, 0.717) is 19.7 Å². The maximum absolute atomic E-state index is 12.4. The Morgan fingerprint density at radius 3 is 2.42 bits per heavy atom. The third-order valence-corrected chi connectivity index (χ3v) is 4.36. The molecule has 1 rings (SSSR count). The van der Waals surface area contributed by atoms with E-state index >= 15 is 0 Å². The first kappa shape index (κ1) is 16.3. The molecule has 108 valence electrons. The average Bonchev–Trinajstić information content (AvgIpc) is 2.34. The van der Waals surface area contributed by atoms with Gasteiger partial charge in [0.25, 0.3) is 0 Å². The van der Waals surface area contributed by atoms with Crippen molar-refractivity contribution in [1.82, 2.24) is 14.3 Å². The van der Waals surface area contributed by atoms with Crippen LogP contribution in [0.3, 0.4) is 0 Å². The van der Waals surface area contributed by atoms with Crippen LogP contribution < -0.4 is 0 Å². The fraction of sp³-hybridized carbons (Fsp3) is 0.636. The van der Waals surface area contributed by atoms with Crippen LogP contribution in [0, 0.1) is 5.92 Å². The van der Waals surface area contributed by atoms with Gasteiger partial charge in [-0.2, -0.15) is 4.31 Å². The van der Waals surface area contributed by atoms with Gasteiger partial charge in [0.2, 0.25) is 15.3 Å². The molecule has 0 spiro atoms. The van der Waals surface area contributed by atoms with Crippen LogP contribution in [0.2, 0.25) is 5.28 Å². The van der Waals surface area contributed by atoms with Crippen molar-refractivity contribution in [3.05, 3.63) is 17.7 Å². The molecular weight excluding hydrogens is 290 g/mol. The van der Waals surface area contributed by atoms with Crippen molar-refractivity contribution in [2.24, 2.45) is 5.92 Å². The lowest BCUT2D eigenvalue weighted by molar-refractivity contribution is 0.175. The summed E-state index contributed by atoms with van der Waals surface area (Å²) < 4.78 is 31.2. The van der Waals surface area contributed by atoms with E-state index in [4.69, 9.17) is 16.3 Å². The Morgan fingerprint density at radius 2 is 1.95 bits per heavy atom. The van der Waals surface area contributed by atoms with Crippen LogP contribution in [0.5, 0.6) is 0 Å². The Hall–Kier alpha value is -0.760. The van der Waals surface area contributed by atoms with Crippen LogP contribution in [0.4, 0.5) is 0 Å². The van der Waals surface area contributed by atoms with Gasteiger partial charge in [-0.05, 0) is 17.5 Å². The molecular formula is C11H18ClN3O3S. The first-order valence-corrected chi connectivity index (χ1v) is 7.66. The Labute approximate surface area is 118 Å². The van der Waals surface area contributed by atoms with Gasteiger partial charge in [-0.1, -0.05) is 13.8 Å². The van der Waals surface area contributed by atoms with Gasteiger partial charge in [-0.3, -0.25) is 0 Å². The number of aromatic nitrogens is 2. The Balaban J connectivity index is 3.00. The molecule has 1 heterocycles. The fourth-order valence-electron chi connectivity index (χ4n) is 1.49. The van der Waals surface area contributed by atoms with Crippen molar-refractivity contribution in [2.45, 2.75) is 18.7 Å². The first-order chi connectivity index (χ1) is 8.87. The zero-order chi connectivity index (χ0) is 14.5. The summed E-state index contributed by atoms with van der Waals surface area (Å²) in [5.74, 6) is 0.208. The molecule has 8 heteroatoms. The summed E-state index contributed by atoms with van der Waals surface area (Å²) in [6.07, 6.45) is 2.43. The Bertz CT molecular complexity index is 490. The topological polar surface area (TPSA) is 72.4 Å². The largest absolute Gasteiger partial charge is 0.383 e. The molecule has 1 aromatic rings. The minimum absolute atomic E-state index is 0.0197. The minimum Gasteiger partial charge on any atom is -0.383 e. The highest BCUT2D eigenvalue weighted by atomic mass is 35.5. The quantitative estimate of drug-likeness (QED) is 0.712. The normalized spacial score (nSPS) is 12.3. The number of ether oxygens (including phenoxy) is 1. The molecule has 0 radical (unpaired) electrons. The predicted octanol–water partition coefficient (Wildman–Crippen LogP) is 1.42. The number of hydrogen-bond donors (Lipinski definition) is 0. The maximum atomic E-state index is 12.4. The number of methoxy groups -OCH3 is 1. The first-order valence-electron chi connectivity index (χ1n) is 5.84. The van der Waals surface area contributed by atoms with Crippen molar-refractivity contribution in [3.8, 4) is 0 Å². The van der Waals surface area contributed by atoms with Crippen LogP contribution in [0.15, 0.2) is 17.3 Å². The molecule has 0 aromatic carbocycles. The number of sulfonamides is 1. The minimum atomic E-state index is -3.62. The molecule has 0 aliphatic carbocycles. The molecule has 1 aromatic heterocycles. The zero-order valence-electron chi connectivity index (χ0n) is 11.2. The summed E-state index contributed by atoms with van der Waals surface area (Å²) in [7, 11) is -2.08. The molecule has 6 nitrogen and oxygen atoms in total. The van der Waals surface area contributed by atoms with Crippen LogP contribution in [0.1, 0.15) is 13.8 Å². The summed E-state index contributed by atoms with van der Waals surface area (Å²) >= 11 is 5.56. The summed E-state index contributed by atoms with van der Waals surface area (Å²) in [6, 6.07) is 0. The highest BCUT2D eigenvalue weighted by molar-refractivity contribution is 7.89. The van der Waals surface area contributed by atoms with E-state index in [1.54, 1.807) is 0 Å². The lowest BCUT2D eigenvalue weighted by atomic mass is 10.2. The summed E-state index contributed by atoms with van der Waals surface area (Å²) in [5.41, 5.74) is 0. The van der Waals surface area contributed by atoms with Crippen LogP contribution in [0.25, 0.3) is 0 Å². The SMILES string of the molecule is COCCN(CC(C)C)S(=O)(=O)c1cnc(Cl)nc1. The maximum Gasteiger partial charge on any atom is 0.246 e.